The van der Waals surface area contributed by atoms with E-state index in [-0.39, 0.29) is 17.2 Å². The van der Waals surface area contributed by atoms with Gasteiger partial charge in [-0.3, -0.25) is 9.59 Å². The lowest BCUT2D eigenvalue weighted by Crippen LogP contribution is -2.17. The zero-order chi connectivity index (χ0) is 12.3. The van der Waals surface area contributed by atoms with E-state index in [1.807, 2.05) is 18.2 Å². The van der Waals surface area contributed by atoms with Crippen molar-refractivity contribution < 1.29 is 4.79 Å². The number of H-pyrrole nitrogens is 1. The van der Waals surface area contributed by atoms with Crippen molar-refractivity contribution in [3.8, 4) is 0 Å². The molecule has 0 aliphatic carbocycles. The summed E-state index contributed by atoms with van der Waals surface area (Å²) < 4.78 is 1.02. The van der Waals surface area contributed by atoms with Gasteiger partial charge in [0.05, 0.1) is 0 Å². The van der Waals surface area contributed by atoms with Crippen LogP contribution in [0.5, 0.6) is 0 Å². The molecule has 2 N–H and O–H groups in total. The summed E-state index contributed by atoms with van der Waals surface area (Å²) in [5.74, 6) is -0.358. The highest BCUT2D eigenvalue weighted by Gasteiger charge is 2.07. The molecule has 1 aromatic carbocycles. The first-order valence-corrected chi connectivity index (χ1v) is 5.86. The molecule has 2 rings (SSSR count). The third-order valence-corrected chi connectivity index (χ3v) is 2.67. The molecule has 86 valence electrons. The SMILES string of the molecule is O=C(Nc1cccc(I)c1)c1ccc(=O)[nH]n1. The van der Waals surface area contributed by atoms with E-state index in [9.17, 15) is 9.59 Å². The summed E-state index contributed by atoms with van der Waals surface area (Å²) in [6.07, 6.45) is 0. The van der Waals surface area contributed by atoms with Crippen molar-refractivity contribution in [1.82, 2.24) is 10.2 Å². The molecule has 0 radical (unpaired) electrons. The Morgan fingerprint density at radius 1 is 1.29 bits per heavy atom. The van der Waals surface area contributed by atoms with Crippen LogP contribution in [0, 0.1) is 3.57 Å². The van der Waals surface area contributed by atoms with Gasteiger partial charge >= 0.3 is 0 Å². The molecule has 6 heteroatoms. The molecule has 1 aromatic heterocycles. The summed E-state index contributed by atoms with van der Waals surface area (Å²) in [4.78, 5) is 22.5. The number of aromatic amines is 1. The minimum atomic E-state index is -0.358. The molecule has 0 saturated carbocycles. The van der Waals surface area contributed by atoms with E-state index >= 15 is 0 Å². The standard InChI is InChI=1S/C11H8IN3O2/c12-7-2-1-3-8(6-7)13-11(17)9-4-5-10(16)15-14-9/h1-6H,(H,13,17)(H,15,16). The summed E-state index contributed by atoms with van der Waals surface area (Å²) in [6, 6.07) is 10.0. The number of rotatable bonds is 2. The topological polar surface area (TPSA) is 74.8 Å². The van der Waals surface area contributed by atoms with Crippen LogP contribution in [0.15, 0.2) is 41.2 Å². The number of hydrogen-bond acceptors (Lipinski definition) is 3. The lowest BCUT2D eigenvalue weighted by Gasteiger charge is -2.04. The molecule has 1 heterocycles. The first-order valence-electron chi connectivity index (χ1n) is 4.78. The number of aromatic nitrogens is 2. The Morgan fingerprint density at radius 3 is 2.76 bits per heavy atom. The van der Waals surface area contributed by atoms with Crippen LogP contribution in [0.2, 0.25) is 0 Å². The van der Waals surface area contributed by atoms with Crippen LogP contribution in [0.25, 0.3) is 0 Å². The van der Waals surface area contributed by atoms with Gasteiger partial charge < -0.3 is 5.32 Å². The average molecular weight is 341 g/mol. The van der Waals surface area contributed by atoms with Gasteiger partial charge in [-0.1, -0.05) is 6.07 Å². The molecule has 1 amide bonds. The van der Waals surface area contributed by atoms with Gasteiger partial charge in [0.25, 0.3) is 11.5 Å². The zero-order valence-electron chi connectivity index (χ0n) is 8.61. The highest BCUT2D eigenvalue weighted by molar-refractivity contribution is 14.1. The van der Waals surface area contributed by atoms with Crippen LogP contribution in [-0.2, 0) is 0 Å². The molecule has 5 nitrogen and oxygen atoms in total. The third kappa shape index (κ3) is 3.13. The number of carbonyl (C=O) groups is 1. The predicted molar refractivity (Wildman–Crippen MR) is 72.0 cm³/mol. The van der Waals surface area contributed by atoms with Crippen molar-refractivity contribution in [1.29, 1.82) is 0 Å². The third-order valence-electron chi connectivity index (χ3n) is 1.99. The summed E-state index contributed by atoms with van der Waals surface area (Å²) in [6.45, 7) is 0. The summed E-state index contributed by atoms with van der Waals surface area (Å²) in [5.41, 5.74) is 0.522. The minimum Gasteiger partial charge on any atom is -0.321 e. The first-order chi connectivity index (χ1) is 8.15. The summed E-state index contributed by atoms with van der Waals surface area (Å²) in [5, 5.41) is 8.55. The molecular weight excluding hydrogens is 333 g/mol. The Morgan fingerprint density at radius 2 is 2.12 bits per heavy atom. The van der Waals surface area contributed by atoms with Crippen molar-refractivity contribution in [3.63, 3.8) is 0 Å². The highest BCUT2D eigenvalue weighted by atomic mass is 127. The second kappa shape index (κ2) is 5.09. The van der Waals surface area contributed by atoms with Gasteiger partial charge in [0.1, 0.15) is 5.69 Å². The van der Waals surface area contributed by atoms with Crippen LogP contribution >= 0.6 is 22.6 Å². The van der Waals surface area contributed by atoms with Crippen molar-refractivity contribution >= 4 is 34.2 Å². The van der Waals surface area contributed by atoms with E-state index in [1.54, 1.807) is 6.07 Å². The smallest absolute Gasteiger partial charge is 0.276 e. The molecule has 0 aliphatic rings. The number of benzene rings is 1. The van der Waals surface area contributed by atoms with E-state index in [0.29, 0.717) is 5.69 Å². The molecule has 0 aliphatic heterocycles. The Hall–Kier alpha value is -1.70. The van der Waals surface area contributed by atoms with Gasteiger partial charge in [-0.2, -0.15) is 5.10 Å². The summed E-state index contributed by atoms with van der Waals surface area (Å²) in [7, 11) is 0. The van der Waals surface area contributed by atoms with Crippen LogP contribution in [0.3, 0.4) is 0 Å². The van der Waals surface area contributed by atoms with E-state index in [4.69, 9.17) is 0 Å². The number of hydrogen-bond donors (Lipinski definition) is 2. The monoisotopic (exact) mass is 341 g/mol. The van der Waals surface area contributed by atoms with Crippen LogP contribution in [0.4, 0.5) is 5.69 Å². The Labute approximate surface area is 110 Å². The fourth-order valence-corrected chi connectivity index (χ4v) is 1.78. The Bertz CT molecular complexity index is 589. The van der Waals surface area contributed by atoms with Gasteiger partial charge in [0.15, 0.2) is 0 Å². The van der Waals surface area contributed by atoms with E-state index in [1.165, 1.54) is 12.1 Å². The summed E-state index contributed by atoms with van der Waals surface area (Å²) >= 11 is 2.16. The number of nitrogens with one attached hydrogen (secondary N) is 2. The molecule has 17 heavy (non-hydrogen) atoms. The number of carbonyl (C=O) groups excluding carboxylic acids is 1. The minimum absolute atomic E-state index is 0.170. The zero-order valence-corrected chi connectivity index (χ0v) is 10.8. The average Bonchev–Trinajstić information content (AvgIpc) is 2.29. The maximum Gasteiger partial charge on any atom is 0.276 e. The van der Waals surface area contributed by atoms with Gasteiger partial charge in [0, 0.05) is 15.3 Å². The lowest BCUT2D eigenvalue weighted by atomic mass is 10.3. The molecule has 0 saturated heterocycles. The predicted octanol–water partition coefficient (Wildman–Crippen LogP) is 1.63. The van der Waals surface area contributed by atoms with Gasteiger partial charge in [0.2, 0.25) is 0 Å². The quantitative estimate of drug-likeness (QED) is 0.816. The molecule has 0 spiro atoms. The van der Waals surface area contributed by atoms with Gasteiger partial charge in [-0.25, -0.2) is 5.10 Å². The Balaban J connectivity index is 2.17. The fraction of sp³-hybridized carbons (Fsp3) is 0. The van der Waals surface area contributed by atoms with Crippen molar-refractivity contribution in [2.75, 3.05) is 5.32 Å². The van der Waals surface area contributed by atoms with Crippen LogP contribution in [0.1, 0.15) is 10.5 Å². The molecule has 0 unspecified atom stereocenters. The fourth-order valence-electron chi connectivity index (χ4n) is 1.23. The van der Waals surface area contributed by atoms with Crippen molar-refractivity contribution in [2.24, 2.45) is 0 Å². The normalized spacial score (nSPS) is 9.94. The van der Waals surface area contributed by atoms with E-state index in [2.05, 4.69) is 38.1 Å². The first kappa shape index (κ1) is 11.8. The van der Waals surface area contributed by atoms with Gasteiger partial charge in [-0.15, -0.1) is 0 Å². The maximum atomic E-state index is 11.7. The maximum absolute atomic E-state index is 11.7. The second-order valence-corrected chi connectivity index (χ2v) is 4.52. The van der Waals surface area contributed by atoms with E-state index < -0.39 is 0 Å². The largest absolute Gasteiger partial charge is 0.321 e. The number of amides is 1. The van der Waals surface area contributed by atoms with E-state index in [0.717, 1.165) is 3.57 Å². The highest BCUT2D eigenvalue weighted by Crippen LogP contribution is 2.12. The van der Waals surface area contributed by atoms with Crippen molar-refractivity contribution in [3.05, 3.63) is 56.0 Å². The van der Waals surface area contributed by atoms with Crippen molar-refractivity contribution in [2.45, 2.75) is 0 Å². The van der Waals surface area contributed by atoms with Gasteiger partial charge in [-0.05, 0) is 46.9 Å². The lowest BCUT2D eigenvalue weighted by molar-refractivity contribution is 0.102. The second-order valence-electron chi connectivity index (χ2n) is 3.27. The molecule has 0 fully saturated rings. The number of anilines is 1. The van der Waals surface area contributed by atoms with Crippen LogP contribution in [-0.4, -0.2) is 16.1 Å². The molecule has 0 atom stereocenters. The molecule has 2 aromatic rings. The number of nitrogens with zero attached hydrogens (tertiary/aromatic N) is 1. The Kier molecular flexibility index (Phi) is 3.52. The molecular formula is C11H8IN3O2. The molecule has 0 bridgehead atoms. The van der Waals surface area contributed by atoms with Crippen LogP contribution < -0.4 is 10.9 Å². The number of halogens is 1.